The van der Waals surface area contributed by atoms with Crippen LogP contribution in [0.3, 0.4) is 0 Å². The molecule has 1 aliphatic heterocycles. The van der Waals surface area contributed by atoms with Crippen LogP contribution in [0.25, 0.3) is 11.1 Å². The Morgan fingerprint density at radius 3 is 3.00 bits per heavy atom. The fraction of sp³-hybridized carbons (Fsp3) is 0.421. The summed E-state index contributed by atoms with van der Waals surface area (Å²) in [5.41, 5.74) is 3.93. The van der Waals surface area contributed by atoms with Crippen LogP contribution in [0.1, 0.15) is 28.2 Å². The first-order valence-electron chi connectivity index (χ1n) is 8.89. The Morgan fingerprint density at radius 2 is 2.26 bits per heavy atom. The molecule has 0 bridgehead atoms. The van der Waals surface area contributed by atoms with Gasteiger partial charge in [-0.05, 0) is 31.0 Å². The summed E-state index contributed by atoms with van der Waals surface area (Å²) in [6, 6.07) is 6.62. The molecule has 1 fully saturated rings. The van der Waals surface area contributed by atoms with Crippen LogP contribution in [0.5, 0.6) is 0 Å². The second-order valence-electron chi connectivity index (χ2n) is 6.50. The van der Waals surface area contributed by atoms with Crippen molar-refractivity contribution in [2.75, 3.05) is 26.8 Å². The second-order valence-corrected chi connectivity index (χ2v) is 6.50. The molecule has 27 heavy (non-hydrogen) atoms. The molecule has 144 valence electrons. The van der Waals surface area contributed by atoms with Gasteiger partial charge in [-0.1, -0.05) is 12.1 Å². The van der Waals surface area contributed by atoms with Crippen LogP contribution in [-0.2, 0) is 16.1 Å². The van der Waals surface area contributed by atoms with Gasteiger partial charge in [-0.3, -0.25) is 14.7 Å². The third-order valence-corrected chi connectivity index (χ3v) is 4.70. The summed E-state index contributed by atoms with van der Waals surface area (Å²) >= 11 is 0. The van der Waals surface area contributed by atoms with E-state index in [0.29, 0.717) is 25.3 Å². The third-order valence-electron chi connectivity index (χ3n) is 4.70. The van der Waals surface area contributed by atoms with Gasteiger partial charge in [0.15, 0.2) is 0 Å². The van der Waals surface area contributed by atoms with Gasteiger partial charge in [-0.15, -0.1) is 0 Å². The third kappa shape index (κ3) is 3.86. The van der Waals surface area contributed by atoms with E-state index >= 15 is 0 Å². The number of amides is 2. The molecule has 0 spiro atoms. The first-order chi connectivity index (χ1) is 13.1. The summed E-state index contributed by atoms with van der Waals surface area (Å²) in [5.74, 6) is -0.451. The number of hydrogen-bond acceptors (Lipinski definition) is 5. The molecule has 3 N–H and O–H groups in total. The van der Waals surface area contributed by atoms with Gasteiger partial charge in [0.05, 0.1) is 12.3 Å². The number of aliphatic hydroxyl groups is 1. The van der Waals surface area contributed by atoms with Gasteiger partial charge in [-0.2, -0.15) is 5.10 Å². The predicted octanol–water partition coefficient (Wildman–Crippen LogP) is 0.855. The Balaban J connectivity index is 1.92. The fourth-order valence-electron chi connectivity index (χ4n) is 3.44. The lowest BCUT2D eigenvalue weighted by molar-refractivity contribution is -0.128. The number of aromatic nitrogens is 2. The van der Waals surface area contributed by atoms with Crippen LogP contribution in [0.15, 0.2) is 24.3 Å². The Bertz CT molecular complexity index is 833. The highest BCUT2D eigenvalue weighted by atomic mass is 16.5. The highest BCUT2D eigenvalue weighted by Crippen LogP contribution is 2.27. The van der Waals surface area contributed by atoms with E-state index in [-0.39, 0.29) is 24.8 Å². The van der Waals surface area contributed by atoms with E-state index in [1.54, 1.807) is 13.2 Å². The first kappa shape index (κ1) is 19.1. The van der Waals surface area contributed by atoms with Crippen molar-refractivity contribution in [3.8, 4) is 11.1 Å². The van der Waals surface area contributed by atoms with Crippen LogP contribution in [-0.4, -0.2) is 64.9 Å². The summed E-state index contributed by atoms with van der Waals surface area (Å²) in [7, 11) is 1.61. The van der Waals surface area contributed by atoms with Crippen molar-refractivity contribution < 1.29 is 19.4 Å². The highest BCUT2D eigenvalue weighted by molar-refractivity contribution is 5.99. The second kappa shape index (κ2) is 8.32. The molecule has 2 amide bonds. The summed E-state index contributed by atoms with van der Waals surface area (Å²) in [5, 5.41) is 19.2. The van der Waals surface area contributed by atoms with Crippen molar-refractivity contribution in [2.45, 2.75) is 26.0 Å². The highest BCUT2D eigenvalue weighted by Gasteiger charge is 2.33. The van der Waals surface area contributed by atoms with E-state index in [1.807, 2.05) is 25.1 Å². The number of H-pyrrole nitrogens is 1. The molecule has 2 aromatic rings. The number of aryl methyl sites for hydroxylation is 1. The van der Waals surface area contributed by atoms with Crippen molar-refractivity contribution in [3.63, 3.8) is 0 Å². The number of aromatic amines is 1. The number of hydrogen-bond donors (Lipinski definition) is 3. The van der Waals surface area contributed by atoms with Crippen molar-refractivity contribution in [1.82, 2.24) is 20.4 Å². The number of ether oxygens (including phenoxy) is 1. The largest absolute Gasteiger partial charge is 0.396 e. The van der Waals surface area contributed by atoms with E-state index in [4.69, 9.17) is 4.74 Å². The quantitative estimate of drug-likeness (QED) is 0.697. The monoisotopic (exact) mass is 372 g/mol. The summed E-state index contributed by atoms with van der Waals surface area (Å²) in [6.07, 6.45) is 0.218. The maximum atomic E-state index is 13.1. The van der Waals surface area contributed by atoms with Crippen LogP contribution in [0.2, 0.25) is 0 Å². The lowest BCUT2D eigenvalue weighted by Gasteiger charge is -2.35. The molecule has 1 aromatic heterocycles. The zero-order valence-corrected chi connectivity index (χ0v) is 15.5. The SMILES string of the molecule is COCc1n[nH]c(C)c1-c1cccc(C(=O)N2CCNC(=O)[C@@H]2CCO)c1. The van der Waals surface area contributed by atoms with Gasteiger partial charge in [-0.25, -0.2) is 0 Å². The Kier molecular flexibility index (Phi) is 5.88. The minimum absolute atomic E-state index is 0.156. The molecule has 1 aliphatic rings. The zero-order chi connectivity index (χ0) is 19.4. The molecular weight excluding hydrogens is 348 g/mol. The molecule has 0 radical (unpaired) electrons. The zero-order valence-electron chi connectivity index (χ0n) is 15.5. The lowest BCUT2D eigenvalue weighted by Crippen LogP contribution is -2.57. The normalized spacial score (nSPS) is 17.1. The standard InChI is InChI=1S/C19H24N4O4/c1-12-17(15(11-27-2)22-21-12)13-4-3-5-14(10-13)19(26)23-8-7-20-18(25)16(23)6-9-24/h3-5,10,16,24H,6-9,11H2,1-2H3,(H,20,25)(H,21,22)/t16-/m0/s1. The number of methoxy groups -OCH3 is 1. The van der Waals surface area contributed by atoms with Gasteiger partial charge >= 0.3 is 0 Å². The molecular formula is C19H24N4O4. The van der Waals surface area contributed by atoms with Gasteiger partial charge in [0, 0.05) is 43.6 Å². The molecule has 8 nitrogen and oxygen atoms in total. The van der Waals surface area contributed by atoms with Gasteiger partial charge in [0.2, 0.25) is 5.91 Å². The lowest BCUT2D eigenvalue weighted by atomic mass is 10.00. The number of carbonyl (C=O) groups excluding carboxylic acids is 2. The van der Waals surface area contributed by atoms with Crippen molar-refractivity contribution in [3.05, 3.63) is 41.2 Å². The average Bonchev–Trinajstić information content (AvgIpc) is 3.04. The van der Waals surface area contributed by atoms with Gasteiger partial charge in [0.1, 0.15) is 6.04 Å². The Morgan fingerprint density at radius 1 is 1.44 bits per heavy atom. The number of benzene rings is 1. The Labute approximate surface area is 157 Å². The smallest absolute Gasteiger partial charge is 0.254 e. The van der Waals surface area contributed by atoms with Crippen LogP contribution < -0.4 is 5.32 Å². The van der Waals surface area contributed by atoms with Gasteiger partial charge in [0.25, 0.3) is 5.91 Å². The van der Waals surface area contributed by atoms with Crippen molar-refractivity contribution in [1.29, 1.82) is 0 Å². The average molecular weight is 372 g/mol. The minimum Gasteiger partial charge on any atom is -0.396 e. The molecule has 2 heterocycles. The number of aliphatic hydroxyl groups excluding tert-OH is 1. The molecule has 1 aromatic carbocycles. The van der Waals surface area contributed by atoms with E-state index in [0.717, 1.165) is 22.5 Å². The number of carbonyl (C=O) groups is 2. The van der Waals surface area contributed by atoms with E-state index in [2.05, 4.69) is 15.5 Å². The predicted molar refractivity (Wildman–Crippen MR) is 99.0 cm³/mol. The molecule has 1 atom stereocenters. The van der Waals surface area contributed by atoms with Crippen molar-refractivity contribution in [2.24, 2.45) is 0 Å². The number of nitrogens with one attached hydrogen (secondary N) is 2. The van der Waals surface area contributed by atoms with E-state index in [1.165, 1.54) is 4.90 Å². The fourth-order valence-corrected chi connectivity index (χ4v) is 3.44. The summed E-state index contributed by atoms with van der Waals surface area (Å²) < 4.78 is 5.20. The summed E-state index contributed by atoms with van der Waals surface area (Å²) in [4.78, 5) is 26.7. The maximum Gasteiger partial charge on any atom is 0.254 e. The molecule has 3 rings (SSSR count). The topological polar surface area (TPSA) is 108 Å². The van der Waals surface area contributed by atoms with Crippen LogP contribution in [0, 0.1) is 6.92 Å². The number of piperazine rings is 1. The summed E-state index contributed by atoms with van der Waals surface area (Å²) in [6.45, 7) is 2.95. The first-order valence-corrected chi connectivity index (χ1v) is 8.89. The van der Waals surface area contributed by atoms with E-state index in [9.17, 15) is 14.7 Å². The molecule has 8 heteroatoms. The molecule has 0 aliphatic carbocycles. The maximum absolute atomic E-state index is 13.1. The minimum atomic E-state index is -0.653. The molecule has 1 saturated heterocycles. The number of rotatable bonds is 6. The van der Waals surface area contributed by atoms with Crippen molar-refractivity contribution >= 4 is 11.8 Å². The molecule has 0 unspecified atom stereocenters. The van der Waals surface area contributed by atoms with Gasteiger partial charge < -0.3 is 20.1 Å². The van der Waals surface area contributed by atoms with Crippen LogP contribution >= 0.6 is 0 Å². The van der Waals surface area contributed by atoms with Crippen LogP contribution in [0.4, 0.5) is 0 Å². The Hall–Kier alpha value is -2.71. The molecule has 0 saturated carbocycles. The number of nitrogens with zero attached hydrogens (tertiary/aromatic N) is 2. The van der Waals surface area contributed by atoms with E-state index < -0.39 is 6.04 Å².